The van der Waals surface area contributed by atoms with E-state index in [2.05, 4.69) is 32.2 Å². The van der Waals surface area contributed by atoms with E-state index in [0.717, 1.165) is 22.4 Å². The van der Waals surface area contributed by atoms with Crippen molar-refractivity contribution in [1.29, 1.82) is 0 Å². The summed E-state index contributed by atoms with van der Waals surface area (Å²) in [6.07, 6.45) is 0.778. The maximum absolute atomic E-state index is 13.2. The van der Waals surface area contributed by atoms with Crippen molar-refractivity contribution < 1.29 is 14.4 Å². The number of imide groups is 1. The Labute approximate surface area is 183 Å². The molecule has 1 atom stereocenters. The fourth-order valence-corrected chi connectivity index (χ4v) is 4.28. The van der Waals surface area contributed by atoms with Crippen molar-refractivity contribution in [3.63, 3.8) is 0 Å². The minimum atomic E-state index is -1.18. The maximum Gasteiger partial charge on any atom is 0.325 e. The molecule has 0 bridgehead atoms. The Balaban J connectivity index is 1.49. The molecule has 1 N–H and O–H groups in total. The van der Waals surface area contributed by atoms with E-state index in [1.54, 1.807) is 11.8 Å². The highest BCUT2D eigenvalue weighted by Crippen LogP contribution is 2.31. The summed E-state index contributed by atoms with van der Waals surface area (Å²) in [6, 6.07) is 15.2. The highest BCUT2D eigenvalue weighted by atomic mass is 16.2. The molecule has 0 spiro atoms. The highest BCUT2D eigenvalue weighted by Gasteiger charge is 2.49. The number of benzene rings is 2. The number of carbonyl (C=O) groups excluding carboxylic acids is 3. The molecule has 2 aromatic carbocycles. The molecule has 4 rings (SSSR count). The zero-order valence-electron chi connectivity index (χ0n) is 18.6. The van der Waals surface area contributed by atoms with Crippen LogP contribution in [0.25, 0.3) is 0 Å². The molecule has 6 heteroatoms. The molecule has 2 aromatic rings. The highest BCUT2D eigenvalue weighted by molar-refractivity contribution is 6.09. The topological polar surface area (TPSA) is 69.7 Å². The molecule has 0 saturated carbocycles. The van der Waals surface area contributed by atoms with Gasteiger partial charge >= 0.3 is 6.03 Å². The first-order chi connectivity index (χ1) is 14.6. The van der Waals surface area contributed by atoms with Gasteiger partial charge in [0.25, 0.3) is 5.91 Å². The van der Waals surface area contributed by atoms with Gasteiger partial charge in [-0.25, -0.2) is 4.79 Å². The number of nitrogens with one attached hydrogen (secondary N) is 1. The number of nitrogens with zero attached hydrogens (tertiary/aromatic N) is 2. The summed E-state index contributed by atoms with van der Waals surface area (Å²) in [4.78, 5) is 41.5. The van der Waals surface area contributed by atoms with Gasteiger partial charge in [-0.05, 0) is 41.0 Å². The molecule has 0 aliphatic carbocycles. The Kier molecular flexibility index (Phi) is 5.12. The van der Waals surface area contributed by atoms with Crippen molar-refractivity contribution in [1.82, 2.24) is 15.1 Å². The zero-order valence-corrected chi connectivity index (χ0v) is 18.6. The van der Waals surface area contributed by atoms with Crippen molar-refractivity contribution in [3.8, 4) is 0 Å². The molecule has 0 aromatic heterocycles. The van der Waals surface area contributed by atoms with Crippen LogP contribution in [-0.4, -0.2) is 40.7 Å². The third-order valence-electron chi connectivity index (χ3n) is 6.38. The van der Waals surface area contributed by atoms with Crippen LogP contribution < -0.4 is 5.32 Å². The Bertz CT molecular complexity index is 1040. The van der Waals surface area contributed by atoms with Gasteiger partial charge in [-0.2, -0.15) is 0 Å². The Morgan fingerprint density at radius 2 is 1.68 bits per heavy atom. The normalized spacial score (nSPS) is 21.2. The summed E-state index contributed by atoms with van der Waals surface area (Å²) in [7, 11) is 0. The van der Waals surface area contributed by atoms with Gasteiger partial charge in [0, 0.05) is 13.1 Å². The first-order valence-corrected chi connectivity index (χ1v) is 10.7. The third kappa shape index (κ3) is 3.82. The molecule has 4 amide bonds. The van der Waals surface area contributed by atoms with Gasteiger partial charge in [0.15, 0.2) is 0 Å². The minimum Gasteiger partial charge on any atom is -0.336 e. The molecule has 6 nitrogen and oxygen atoms in total. The van der Waals surface area contributed by atoms with Crippen LogP contribution in [0.4, 0.5) is 4.79 Å². The fraction of sp³-hybridized carbons (Fsp3) is 0.400. The average molecular weight is 420 g/mol. The van der Waals surface area contributed by atoms with Crippen molar-refractivity contribution in [2.45, 2.75) is 51.6 Å². The number of fused-ring (bicyclic) bond motifs is 1. The van der Waals surface area contributed by atoms with Gasteiger partial charge in [-0.3, -0.25) is 14.5 Å². The van der Waals surface area contributed by atoms with E-state index in [4.69, 9.17) is 0 Å². The Hall–Kier alpha value is -3.15. The van der Waals surface area contributed by atoms with Crippen LogP contribution in [0, 0.1) is 0 Å². The van der Waals surface area contributed by atoms with E-state index in [0.29, 0.717) is 18.7 Å². The monoisotopic (exact) mass is 419 g/mol. The van der Waals surface area contributed by atoms with Gasteiger partial charge in [0.05, 0.1) is 0 Å². The van der Waals surface area contributed by atoms with Gasteiger partial charge in [0.1, 0.15) is 12.1 Å². The van der Waals surface area contributed by atoms with E-state index in [1.165, 1.54) is 5.56 Å². The summed E-state index contributed by atoms with van der Waals surface area (Å²) >= 11 is 0. The van der Waals surface area contributed by atoms with Crippen LogP contribution in [0.15, 0.2) is 48.5 Å². The fourth-order valence-electron chi connectivity index (χ4n) is 4.28. The second kappa shape index (κ2) is 7.52. The summed E-state index contributed by atoms with van der Waals surface area (Å²) in [5.41, 5.74) is 3.03. The molecule has 1 fully saturated rings. The SMILES string of the molecule is CC(C)(C)c1ccc(C2(C)NC(=O)N(CC(=O)N3CCc4ccccc4C3)C2=O)cc1. The van der Waals surface area contributed by atoms with Crippen LogP contribution in [0.2, 0.25) is 0 Å². The van der Waals surface area contributed by atoms with Gasteiger partial charge in [-0.15, -0.1) is 0 Å². The minimum absolute atomic E-state index is 0.00607. The number of hydrogen-bond acceptors (Lipinski definition) is 3. The largest absolute Gasteiger partial charge is 0.336 e. The molecule has 1 unspecified atom stereocenters. The lowest BCUT2D eigenvalue weighted by molar-refractivity contribution is -0.139. The Morgan fingerprint density at radius 1 is 1.03 bits per heavy atom. The maximum atomic E-state index is 13.2. The van der Waals surface area contributed by atoms with Gasteiger partial charge < -0.3 is 10.2 Å². The molecular weight excluding hydrogens is 390 g/mol. The van der Waals surface area contributed by atoms with E-state index < -0.39 is 17.5 Å². The summed E-state index contributed by atoms with van der Waals surface area (Å²) in [6.45, 7) is 8.91. The van der Waals surface area contributed by atoms with Gasteiger partial charge in [0.2, 0.25) is 5.91 Å². The van der Waals surface area contributed by atoms with E-state index in [9.17, 15) is 14.4 Å². The Morgan fingerprint density at radius 3 is 2.32 bits per heavy atom. The number of carbonyl (C=O) groups is 3. The van der Waals surface area contributed by atoms with Crippen LogP contribution >= 0.6 is 0 Å². The first-order valence-electron chi connectivity index (χ1n) is 10.7. The lowest BCUT2D eigenvalue weighted by Crippen LogP contribution is -2.45. The van der Waals surface area contributed by atoms with Crippen molar-refractivity contribution in [2.75, 3.05) is 13.1 Å². The third-order valence-corrected chi connectivity index (χ3v) is 6.38. The number of rotatable bonds is 3. The van der Waals surface area contributed by atoms with E-state index >= 15 is 0 Å². The molecule has 2 aliphatic heterocycles. The van der Waals surface area contributed by atoms with E-state index in [-0.39, 0.29) is 17.9 Å². The molecular formula is C25H29N3O3. The molecule has 162 valence electrons. The number of urea groups is 1. The molecule has 1 saturated heterocycles. The van der Waals surface area contributed by atoms with Crippen molar-refractivity contribution >= 4 is 17.8 Å². The molecule has 31 heavy (non-hydrogen) atoms. The lowest BCUT2D eigenvalue weighted by Gasteiger charge is -2.30. The molecule has 2 aliphatic rings. The molecule has 2 heterocycles. The molecule has 0 radical (unpaired) electrons. The number of hydrogen-bond donors (Lipinski definition) is 1. The zero-order chi connectivity index (χ0) is 22.4. The quantitative estimate of drug-likeness (QED) is 0.776. The van der Waals surface area contributed by atoms with Crippen LogP contribution in [0.3, 0.4) is 0 Å². The summed E-state index contributed by atoms with van der Waals surface area (Å²) in [5, 5.41) is 2.80. The van der Waals surface area contributed by atoms with Crippen LogP contribution in [0.1, 0.15) is 49.9 Å². The first kappa shape index (κ1) is 21.1. The predicted octanol–water partition coefficient (Wildman–Crippen LogP) is 3.34. The summed E-state index contributed by atoms with van der Waals surface area (Å²) in [5.74, 6) is -0.614. The van der Waals surface area contributed by atoms with E-state index in [1.807, 2.05) is 42.5 Å². The lowest BCUT2D eigenvalue weighted by atomic mass is 9.84. The standard InChI is InChI=1S/C25H29N3O3/c1-24(2,3)19-9-11-20(12-10-19)25(4)22(30)28(23(31)26-25)16-21(29)27-14-13-17-7-5-6-8-18(17)15-27/h5-12H,13-16H2,1-4H3,(H,26,31). The van der Waals surface area contributed by atoms with Crippen molar-refractivity contribution in [3.05, 3.63) is 70.8 Å². The average Bonchev–Trinajstić information content (AvgIpc) is 2.96. The predicted molar refractivity (Wildman–Crippen MR) is 118 cm³/mol. The van der Waals surface area contributed by atoms with Crippen molar-refractivity contribution in [2.24, 2.45) is 0 Å². The second-order valence-electron chi connectivity index (χ2n) is 9.61. The van der Waals surface area contributed by atoms with Gasteiger partial charge in [-0.1, -0.05) is 69.3 Å². The second-order valence-corrected chi connectivity index (χ2v) is 9.61. The summed E-state index contributed by atoms with van der Waals surface area (Å²) < 4.78 is 0. The smallest absolute Gasteiger partial charge is 0.325 e. The van der Waals surface area contributed by atoms with Crippen LogP contribution in [0.5, 0.6) is 0 Å². The number of amides is 4. The van der Waals surface area contributed by atoms with Crippen LogP contribution in [-0.2, 0) is 33.5 Å².